The first kappa shape index (κ1) is 12.6. The van der Waals surface area contributed by atoms with E-state index in [4.69, 9.17) is 16.1 Å². The number of aromatic nitrogens is 1. The fourth-order valence-corrected chi connectivity index (χ4v) is 2.07. The summed E-state index contributed by atoms with van der Waals surface area (Å²) in [5.41, 5.74) is 6.35. The average molecular weight is 247 g/mol. The Morgan fingerprint density at radius 1 is 1.33 bits per heavy atom. The van der Waals surface area contributed by atoms with Crippen molar-refractivity contribution in [3.05, 3.63) is 17.8 Å². The summed E-state index contributed by atoms with van der Waals surface area (Å²) in [6.07, 6.45) is 0. The Bertz CT molecular complexity index is 448. The molecule has 6 heteroatoms. The van der Waals surface area contributed by atoms with Crippen molar-refractivity contribution >= 4 is 11.5 Å². The summed E-state index contributed by atoms with van der Waals surface area (Å²) in [6.45, 7) is 4.40. The molecule has 2 rings (SSSR count). The number of piperazine rings is 1. The number of hydrogen-bond acceptors (Lipinski definition) is 6. The van der Waals surface area contributed by atoms with Crippen LogP contribution in [0.5, 0.6) is 0 Å². The van der Waals surface area contributed by atoms with Crippen molar-refractivity contribution in [1.82, 2.24) is 9.88 Å². The lowest BCUT2D eigenvalue weighted by atomic mass is 10.2. The van der Waals surface area contributed by atoms with Gasteiger partial charge < -0.3 is 15.7 Å². The molecule has 18 heavy (non-hydrogen) atoms. The predicted octanol–water partition coefficient (Wildman–Crippen LogP) is -0.350. The van der Waals surface area contributed by atoms with Gasteiger partial charge in [-0.05, 0) is 12.1 Å². The topological polar surface area (TPSA) is 89.4 Å². The van der Waals surface area contributed by atoms with E-state index in [-0.39, 0.29) is 12.3 Å². The van der Waals surface area contributed by atoms with Gasteiger partial charge in [0.05, 0.1) is 12.3 Å². The third kappa shape index (κ3) is 2.70. The minimum Gasteiger partial charge on any atom is -0.396 e. The van der Waals surface area contributed by atoms with E-state index in [0.29, 0.717) is 12.2 Å². The van der Waals surface area contributed by atoms with Crippen LogP contribution in [-0.2, 0) is 0 Å². The van der Waals surface area contributed by atoms with Gasteiger partial charge in [-0.2, -0.15) is 5.26 Å². The van der Waals surface area contributed by atoms with Gasteiger partial charge in [0, 0.05) is 32.7 Å². The molecule has 1 aromatic heterocycles. The Morgan fingerprint density at radius 2 is 2.06 bits per heavy atom. The minimum atomic E-state index is 0.193. The molecule has 0 aromatic carbocycles. The highest BCUT2D eigenvalue weighted by Crippen LogP contribution is 2.17. The molecule has 96 valence electrons. The van der Waals surface area contributed by atoms with Crippen molar-refractivity contribution in [2.24, 2.45) is 0 Å². The SMILES string of the molecule is N#Cc1nc(N2CCN(CCO)CC2)ccc1N. The maximum Gasteiger partial charge on any atom is 0.165 e. The number of nitrogens with two attached hydrogens (primary N) is 1. The lowest BCUT2D eigenvalue weighted by Gasteiger charge is -2.35. The number of rotatable bonds is 3. The molecular formula is C12H17N5O. The summed E-state index contributed by atoms with van der Waals surface area (Å²) >= 11 is 0. The van der Waals surface area contributed by atoms with Crippen molar-refractivity contribution in [3.63, 3.8) is 0 Å². The largest absolute Gasteiger partial charge is 0.396 e. The summed E-state index contributed by atoms with van der Waals surface area (Å²) in [6, 6.07) is 5.57. The van der Waals surface area contributed by atoms with Crippen molar-refractivity contribution in [1.29, 1.82) is 5.26 Å². The lowest BCUT2D eigenvalue weighted by molar-refractivity contribution is 0.188. The zero-order chi connectivity index (χ0) is 13.0. The standard InChI is InChI=1S/C12H17N5O/c13-9-11-10(14)1-2-12(15-11)17-5-3-16(4-6-17)7-8-18/h1-2,18H,3-8,14H2. The van der Waals surface area contributed by atoms with E-state index >= 15 is 0 Å². The van der Waals surface area contributed by atoms with E-state index in [1.807, 2.05) is 12.1 Å². The van der Waals surface area contributed by atoms with Gasteiger partial charge in [-0.25, -0.2) is 4.98 Å². The van der Waals surface area contributed by atoms with Crippen LogP contribution in [0, 0.1) is 11.3 Å². The van der Waals surface area contributed by atoms with Crippen molar-refractivity contribution in [2.45, 2.75) is 0 Å². The molecule has 0 spiro atoms. The van der Waals surface area contributed by atoms with E-state index in [0.717, 1.165) is 32.0 Å². The zero-order valence-electron chi connectivity index (χ0n) is 10.2. The molecule has 0 atom stereocenters. The molecule has 2 heterocycles. The van der Waals surface area contributed by atoms with Crippen LogP contribution < -0.4 is 10.6 Å². The Morgan fingerprint density at radius 3 is 2.67 bits per heavy atom. The Hall–Kier alpha value is -1.84. The molecule has 0 bridgehead atoms. The molecule has 6 nitrogen and oxygen atoms in total. The first-order valence-electron chi connectivity index (χ1n) is 5.99. The van der Waals surface area contributed by atoms with Crippen LogP contribution in [0.1, 0.15) is 5.69 Å². The number of anilines is 2. The fourth-order valence-electron chi connectivity index (χ4n) is 2.07. The smallest absolute Gasteiger partial charge is 0.165 e. The molecule has 3 N–H and O–H groups in total. The quantitative estimate of drug-likeness (QED) is 0.759. The average Bonchev–Trinajstić information content (AvgIpc) is 2.41. The number of pyridine rings is 1. The zero-order valence-corrected chi connectivity index (χ0v) is 10.2. The van der Waals surface area contributed by atoms with Gasteiger partial charge in [0.25, 0.3) is 0 Å². The number of nitrogen functional groups attached to an aromatic ring is 1. The number of aliphatic hydroxyl groups excluding tert-OH is 1. The Labute approximate surface area is 106 Å². The fraction of sp³-hybridized carbons (Fsp3) is 0.500. The van der Waals surface area contributed by atoms with Crippen LogP contribution in [0.2, 0.25) is 0 Å². The highest BCUT2D eigenvalue weighted by atomic mass is 16.3. The highest BCUT2D eigenvalue weighted by Gasteiger charge is 2.18. The molecule has 0 saturated carbocycles. The predicted molar refractivity (Wildman–Crippen MR) is 69.1 cm³/mol. The van der Waals surface area contributed by atoms with E-state index in [9.17, 15) is 0 Å². The summed E-state index contributed by atoms with van der Waals surface area (Å²) < 4.78 is 0. The Balaban J connectivity index is 2.04. The summed E-state index contributed by atoms with van der Waals surface area (Å²) in [4.78, 5) is 8.60. The van der Waals surface area contributed by atoms with Gasteiger partial charge >= 0.3 is 0 Å². The van der Waals surface area contributed by atoms with Gasteiger partial charge in [0.1, 0.15) is 11.9 Å². The molecule has 0 unspecified atom stereocenters. The van der Waals surface area contributed by atoms with Crippen LogP contribution in [0.25, 0.3) is 0 Å². The van der Waals surface area contributed by atoms with E-state index in [1.165, 1.54) is 0 Å². The second kappa shape index (κ2) is 5.67. The van der Waals surface area contributed by atoms with Gasteiger partial charge in [-0.3, -0.25) is 4.90 Å². The van der Waals surface area contributed by atoms with E-state index in [1.54, 1.807) is 6.07 Å². The number of nitriles is 1. The molecule has 0 aliphatic carbocycles. The van der Waals surface area contributed by atoms with Gasteiger partial charge in [0.15, 0.2) is 5.69 Å². The lowest BCUT2D eigenvalue weighted by Crippen LogP contribution is -2.47. The van der Waals surface area contributed by atoms with E-state index in [2.05, 4.69) is 14.8 Å². The van der Waals surface area contributed by atoms with Crippen LogP contribution >= 0.6 is 0 Å². The van der Waals surface area contributed by atoms with Crippen LogP contribution in [0.15, 0.2) is 12.1 Å². The van der Waals surface area contributed by atoms with Crippen molar-refractivity contribution in [2.75, 3.05) is 50.0 Å². The van der Waals surface area contributed by atoms with Gasteiger partial charge in [-0.15, -0.1) is 0 Å². The third-order valence-corrected chi connectivity index (χ3v) is 3.13. The first-order chi connectivity index (χ1) is 8.74. The van der Waals surface area contributed by atoms with Crippen molar-refractivity contribution < 1.29 is 5.11 Å². The second-order valence-electron chi connectivity index (χ2n) is 4.27. The number of nitrogens with zero attached hydrogens (tertiary/aromatic N) is 4. The second-order valence-corrected chi connectivity index (χ2v) is 4.27. The Kier molecular flexibility index (Phi) is 3.97. The number of hydrogen-bond donors (Lipinski definition) is 2. The molecule has 0 amide bonds. The number of β-amino-alcohol motifs (C(OH)–C–C–N with tert-alkyl or cyclic N) is 1. The molecule has 1 aliphatic heterocycles. The third-order valence-electron chi connectivity index (χ3n) is 3.13. The monoisotopic (exact) mass is 247 g/mol. The summed E-state index contributed by atoms with van der Waals surface area (Å²) in [5, 5.41) is 17.8. The van der Waals surface area contributed by atoms with Crippen LogP contribution in [0.4, 0.5) is 11.5 Å². The normalized spacial score (nSPS) is 16.6. The maximum atomic E-state index is 8.91. The minimum absolute atomic E-state index is 0.193. The highest BCUT2D eigenvalue weighted by molar-refractivity contribution is 5.55. The molecule has 0 radical (unpaired) electrons. The first-order valence-corrected chi connectivity index (χ1v) is 5.99. The van der Waals surface area contributed by atoms with Crippen LogP contribution in [-0.4, -0.2) is 54.3 Å². The summed E-state index contributed by atoms with van der Waals surface area (Å²) in [7, 11) is 0. The maximum absolute atomic E-state index is 8.91. The van der Waals surface area contributed by atoms with E-state index < -0.39 is 0 Å². The molecule has 1 aromatic rings. The van der Waals surface area contributed by atoms with Crippen LogP contribution in [0.3, 0.4) is 0 Å². The van der Waals surface area contributed by atoms with Crippen molar-refractivity contribution in [3.8, 4) is 6.07 Å². The molecule has 1 aliphatic rings. The molecular weight excluding hydrogens is 230 g/mol. The number of aliphatic hydroxyl groups is 1. The summed E-state index contributed by atoms with van der Waals surface area (Å²) in [5.74, 6) is 0.796. The molecule has 1 saturated heterocycles. The van der Waals surface area contributed by atoms with Gasteiger partial charge in [0.2, 0.25) is 0 Å². The van der Waals surface area contributed by atoms with Gasteiger partial charge in [-0.1, -0.05) is 0 Å². The molecule has 1 fully saturated rings.